The van der Waals surface area contributed by atoms with Gasteiger partial charge < -0.3 is 18.6 Å². The van der Waals surface area contributed by atoms with Crippen LogP contribution in [0.3, 0.4) is 0 Å². The Bertz CT molecular complexity index is 615. The molecule has 0 saturated heterocycles. The molecule has 0 N–H and O–H groups in total. The summed E-state index contributed by atoms with van der Waals surface area (Å²) in [5.74, 6) is -1.14. The summed E-state index contributed by atoms with van der Waals surface area (Å²) in [4.78, 5) is 12.9. The number of ether oxygens (including phenoxy) is 3. The van der Waals surface area contributed by atoms with Gasteiger partial charge in [-0.3, -0.25) is 0 Å². The van der Waals surface area contributed by atoms with Crippen molar-refractivity contribution in [2.45, 2.75) is 97.4 Å². The van der Waals surface area contributed by atoms with E-state index in [0.717, 1.165) is 6.42 Å². The quantitative estimate of drug-likeness (QED) is 0.475. The summed E-state index contributed by atoms with van der Waals surface area (Å²) in [6.07, 6.45) is 6.94. The first kappa shape index (κ1) is 20.7. The van der Waals surface area contributed by atoms with Gasteiger partial charge in [0.1, 0.15) is 5.57 Å². The summed E-state index contributed by atoms with van der Waals surface area (Å²) in [6, 6.07) is 0. The molecule has 0 aromatic heterocycles. The Labute approximate surface area is 164 Å². The molecule has 0 aromatic rings. The van der Waals surface area contributed by atoms with E-state index in [0.29, 0.717) is 17.4 Å². The van der Waals surface area contributed by atoms with Crippen molar-refractivity contribution in [3.63, 3.8) is 0 Å². The van der Waals surface area contributed by atoms with Gasteiger partial charge >= 0.3 is 5.97 Å². The molecule has 2 aliphatic heterocycles. The lowest BCUT2D eigenvalue weighted by Gasteiger charge is -2.53. The maximum atomic E-state index is 12.9. The molecule has 0 spiro atoms. The van der Waals surface area contributed by atoms with Crippen LogP contribution in [0.5, 0.6) is 0 Å². The smallest absolute Gasteiger partial charge is 0.344 e. The van der Waals surface area contributed by atoms with Crippen LogP contribution < -0.4 is 0 Å². The monoisotopic (exact) mass is 396 g/mol. The number of hydrogen-bond acceptors (Lipinski definition) is 5. The third-order valence-electron chi connectivity index (χ3n) is 5.93. The van der Waals surface area contributed by atoms with Gasteiger partial charge in [0.15, 0.2) is 8.32 Å². The Kier molecular flexibility index (Phi) is 5.45. The minimum Gasteiger partial charge on any atom is -0.433 e. The van der Waals surface area contributed by atoms with Crippen molar-refractivity contribution in [2.75, 3.05) is 0 Å². The van der Waals surface area contributed by atoms with Crippen molar-refractivity contribution >= 4 is 14.3 Å². The second-order valence-corrected chi connectivity index (χ2v) is 14.3. The van der Waals surface area contributed by atoms with Gasteiger partial charge in [0.2, 0.25) is 5.79 Å². The van der Waals surface area contributed by atoms with Crippen LogP contribution in [0.4, 0.5) is 0 Å². The van der Waals surface area contributed by atoms with Gasteiger partial charge in [-0.2, -0.15) is 0 Å². The first-order valence-electron chi connectivity index (χ1n) is 10.5. The highest BCUT2D eigenvalue weighted by Crippen LogP contribution is 2.53. The molecule has 2 heterocycles. The SMILES string of the molecule is CCC1C2=C(OC(C)(C)OC2=O)OC(C)(O[Si](C)(C)C)C1C1CCCCC1. The lowest BCUT2D eigenvalue weighted by Crippen LogP contribution is -2.58. The van der Waals surface area contributed by atoms with E-state index in [1.807, 2.05) is 0 Å². The largest absolute Gasteiger partial charge is 0.433 e. The van der Waals surface area contributed by atoms with Crippen LogP contribution in [0, 0.1) is 17.8 Å². The maximum absolute atomic E-state index is 12.9. The molecule has 1 fully saturated rings. The van der Waals surface area contributed by atoms with Gasteiger partial charge in [-0.1, -0.05) is 26.2 Å². The fraction of sp³-hybridized carbons (Fsp3) is 0.857. The van der Waals surface area contributed by atoms with Crippen molar-refractivity contribution < 1.29 is 23.4 Å². The van der Waals surface area contributed by atoms with E-state index in [4.69, 9.17) is 18.6 Å². The molecule has 1 aliphatic carbocycles. The molecular formula is C21H36O5Si. The average molecular weight is 397 g/mol. The van der Waals surface area contributed by atoms with Crippen LogP contribution in [0.2, 0.25) is 19.6 Å². The van der Waals surface area contributed by atoms with Gasteiger partial charge in [-0.05, 0) is 44.8 Å². The summed E-state index contributed by atoms with van der Waals surface area (Å²) >= 11 is 0. The van der Waals surface area contributed by atoms with E-state index < -0.39 is 19.9 Å². The normalized spacial score (nSPS) is 34.4. The van der Waals surface area contributed by atoms with E-state index in [1.54, 1.807) is 13.8 Å². The molecule has 0 amide bonds. The third-order valence-corrected chi connectivity index (χ3v) is 6.95. The van der Waals surface area contributed by atoms with Gasteiger partial charge in [-0.15, -0.1) is 0 Å². The van der Waals surface area contributed by atoms with Crippen molar-refractivity contribution in [3.05, 3.63) is 11.5 Å². The summed E-state index contributed by atoms with van der Waals surface area (Å²) in [5, 5.41) is 0. The van der Waals surface area contributed by atoms with Gasteiger partial charge in [-0.25, -0.2) is 4.79 Å². The average Bonchev–Trinajstić information content (AvgIpc) is 2.50. The van der Waals surface area contributed by atoms with Crippen LogP contribution in [0.15, 0.2) is 11.5 Å². The molecule has 0 radical (unpaired) electrons. The summed E-state index contributed by atoms with van der Waals surface area (Å²) in [5.41, 5.74) is 0.573. The molecule has 3 rings (SSSR count). The number of rotatable bonds is 4. The molecule has 0 bridgehead atoms. The zero-order chi connectivity index (χ0) is 20.0. The predicted octanol–water partition coefficient (Wildman–Crippen LogP) is 5.33. The third kappa shape index (κ3) is 4.21. The lowest BCUT2D eigenvalue weighted by atomic mass is 9.66. The fourth-order valence-electron chi connectivity index (χ4n) is 5.24. The maximum Gasteiger partial charge on any atom is 0.344 e. The van der Waals surface area contributed by atoms with Crippen LogP contribution in [-0.2, 0) is 23.4 Å². The minimum absolute atomic E-state index is 0.0294. The zero-order valence-electron chi connectivity index (χ0n) is 18.0. The highest BCUT2D eigenvalue weighted by atomic mass is 28.4. The lowest BCUT2D eigenvalue weighted by molar-refractivity contribution is -0.294. The number of esters is 1. The van der Waals surface area contributed by atoms with E-state index in [2.05, 4.69) is 33.5 Å². The fourth-order valence-corrected chi connectivity index (χ4v) is 6.63. The highest BCUT2D eigenvalue weighted by Gasteiger charge is 2.57. The van der Waals surface area contributed by atoms with E-state index >= 15 is 0 Å². The van der Waals surface area contributed by atoms with Gasteiger partial charge in [0, 0.05) is 32.6 Å². The molecule has 1 saturated carbocycles. The molecule has 27 heavy (non-hydrogen) atoms. The molecule has 154 valence electrons. The van der Waals surface area contributed by atoms with Crippen molar-refractivity contribution in [2.24, 2.45) is 17.8 Å². The van der Waals surface area contributed by atoms with E-state index in [-0.39, 0.29) is 17.8 Å². The van der Waals surface area contributed by atoms with Crippen LogP contribution in [0.25, 0.3) is 0 Å². The number of carbonyl (C=O) groups is 1. The number of hydrogen-bond donors (Lipinski definition) is 0. The number of carbonyl (C=O) groups excluding carboxylic acids is 1. The predicted molar refractivity (Wildman–Crippen MR) is 106 cm³/mol. The standard InChI is InChI=1S/C21H36O5Si/c1-8-15-16-18(22)23-20(2,3)24-19(16)25-21(4,26-27(5,6)7)17(15)14-12-10-9-11-13-14/h14-15,17H,8-13H2,1-7H3. The minimum atomic E-state index is -1.89. The highest BCUT2D eigenvalue weighted by molar-refractivity contribution is 6.69. The Balaban J connectivity index is 2.07. The Hall–Kier alpha value is -1.01. The first-order chi connectivity index (χ1) is 12.5. The first-order valence-corrected chi connectivity index (χ1v) is 13.9. The number of cyclic esters (lactones) is 1. The van der Waals surface area contributed by atoms with Crippen LogP contribution >= 0.6 is 0 Å². The topological polar surface area (TPSA) is 54.0 Å². The van der Waals surface area contributed by atoms with Gasteiger partial charge in [0.05, 0.1) is 0 Å². The van der Waals surface area contributed by atoms with Crippen molar-refractivity contribution in [1.29, 1.82) is 0 Å². The molecule has 5 nitrogen and oxygen atoms in total. The second kappa shape index (κ2) is 7.10. The summed E-state index contributed by atoms with van der Waals surface area (Å²) in [6.45, 7) is 14.2. The Morgan fingerprint density at radius 1 is 1.04 bits per heavy atom. The Morgan fingerprint density at radius 2 is 1.67 bits per heavy atom. The zero-order valence-corrected chi connectivity index (χ0v) is 19.0. The molecule has 3 atom stereocenters. The van der Waals surface area contributed by atoms with E-state index in [9.17, 15) is 4.79 Å². The summed E-state index contributed by atoms with van der Waals surface area (Å²) in [7, 11) is -1.89. The van der Waals surface area contributed by atoms with E-state index in [1.165, 1.54) is 32.1 Å². The van der Waals surface area contributed by atoms with Gasteiger partial charge in [0.25, 0.3) is 11.7 Å². The molecule has 3 unspecified atom stereocenters. The summed E-state index contributed by atoms with van der Waals surface area (Å²) < 4.78 is 24.6. The Morgan fingerprint density at radius 3 is 2.22 bits per heavy atom. The van der Waals surface area contributed by atoms with Crippen LogP contribution in [-0.4, -0.2) is 25.9 Å². The van der Waals surface area contributed by atoms with Crippen molar-refractivity contribution in [3.8, 4) is 0 Å². The molecule has 0 aromatic carbocycles. The molecule has 3 aliphatic rings. The van der Waals surface area contributed by atoms with Crippen LogP contribution in [0.1, 0.15) is 66.2 Å². The molecular weight excluding hydrogens is 360 g/mol. The molecule has 6 heteroatoms. The second-order valence-electron chi connectivity index (χ2n) is 9.86. The van der Waals surface area contributed by atoms with Crippen molar-refractivity contribution in [1.82, 2.24) is 0 Å².